The molecule has 1 aliphatic carbocycles. The molecule has 1 fully saturated rings. The quantitative estimate of drug-likeness (QED) is 0.738. The molecule has 0 spiro atoms. The molecule has 0 atom stereocenters. The number of benzene rings is 2. The van der Waals surface area contributed by atoms with Crippen LogP contribution in [0.1, 0.15) is 47.2 Å². The SMILES string of the molecule is Cc1ccc(C(=O)Nc2cc(F)c(F)c(F)c2)cc1CC1CCCC1. The Hall–Kier alpha value is -2.30. The topological polar surface area (TPSA) is 29.1 Å². The maximum Gasteiger partial charge on any atom is 0.255 e. The minimum Gasteiger partial charge on any atom is -0.322 e. The fourth-order valence-electron chi connectivity index (χ4n) is 3.39. The lowest BCUT2D eigenvalue weighted by molar-refractivity contribution is 0.102. The Morgan fingerprint density at radius 1 is 1.08 bits per heavy atom. The van der Waals surface area contributed by atoms with Gasteiger partial charge in [-0.1, -0.05) is 31.7 Å². The van der Waals surface area contributed by atoms with E-state index < -0.39 is 23.4 Å². The molecular formula is C20H20F3NO. The molecule has 0 bridgehead atoms. The lowest BCUT2D eigenvalue weighted by atomic mass is 9.93. The van der Waals surface area contributed by atoms with Crippen LogP contribution in [0.25, 0.3) is 0 Å². The molecule has 5 heteroatoms. The van der Waals surface area contributed by atoms with Gasteiger partial charge in [-0.3, -0.25) is 4.79 Å². The average Bonchev–Trinajstić information content (AvgIpc) is 3.07. The van der Waals surface area contributed by atoms with Crippen LogP contribution in [0.4, 0.5) is 18.9 Å². The van der Waals surface area contributed by atoms with Crippen LogP contribution < -0.4 is 5.32 Å². The molecule has 1 aliphatic rings. The predicted octanol–water partition coefficient (Wildman–Crippen LogP) is 5.40. The summed E-state index contributed by atoms with van der Waals surface area (Å²) in [6, 6.07) is 6.93. The summed E-state index contributed by atoms with van der Waals surface area (Å²) in [7, 11) is 0. The fraction of sp³-hybridized carbons (Fsp3) is 0.350. The summed E-state index contributed by atoms with van der Waals surface area (Å²) in [5.74, 6) is -4.04. The highest BCUT2D eigenvalue weighted by Crippen LogP contribution is 2.29. The van der Waals surface area contributed by atoms with Gasteiger partial charge in [0, 0.05) is 23.4 Å². The van der Waals surface area contributed by atoms with Crippen LogP contribution in [0.3, 0.4) is 0 Å². The molecule has 132 valence electrons. The Morgan fingerprint density at radius 3 is 2.36 bits per heavy atom. The van der Waals surface area contributed by atoms with E-state index in [2.05, 4.69) is 5.32 Å². The second kappa shape index (κ2) is 7.30. The summed E-state index contributed by atoms with van der Waals surface area (Å²) in [5, 5.41) is 2.42. The third-order valence-corrected chi connectivity index (χ3v) is 4.84. The number of hydrogen-bond donors (Lipinski definition) is 1. The number of halogens is 3. The van der Waals surface area contributed by atoms with Crippen molar-refractivity contribution in [3.05, 3.63) is 64.5 Å². The number of hydrogen-bond acceptors (Lipinski definition) is 1. The number of amides is 1. The molecule has 25 heavy (non-hydrogen) atoms. The predicted molar refractivity (Wildman–Crippen MR) is 91.1 cm³/mol. The number of carbonyl (C=O) groups excluding carboxylic acids is 1. The summed E-state index contributed by atoms with van der Waals surface area (Å²) in [4.78, 5) is 12.4. The molecule has 0 unspecified atom stereocenters. The maximum atomic E-state index is 13.3. The van der Waals surface area contributed by atoms with Crippen LogP contribution in [-0.4, -0.2) is 5.91 Å². The van der Waals surface area contributed by atoms with Crippen molar-refractivity contribution < 1.29 is 18.0 Å². The number of nitrogens with one attached hydrogen (secondary N) is 1. The average molecular weight is 347 g/mol. The summed E-state index contributed by atoms with van der Waals surface area (Å²) >= 11 is 0. The van der Waals surface area contributed by atoms with E-state index in [1.807, 2.05) is 19.1 Å². The van der Waals surface area contributed by atoms with Gasteiger partial charge in [0.1, 0.15) is 0 Å². The van der Waals surface area contributed by atoms with E-state index in [9.17, 15) is 18.0 Å². The van der Waals surface area contributed by atoms with Gasteiger partial charge in [-0.15, -0.1) is 0 Å². The Bertz CT molecular complexity index is 775. The number of aryl methyl sites for hydroxylation is 1. The van der Waals surface area contributed by atoms with E-state index >= 15 is 0 Å². The van der Waals surface area contributed by atoms with E-state index in [0.717, 1.165) is 29.7 Å². The van der Waals surface area contributed by atoms with Gasteiger partial charge in [0.2, 0.25) is 0 Å². The highest BCUT2D eigenvalue weighted by atomic mass is 19.2. The van der Waals surface area contributed by atoms with Crippen molar-refractivity contribution in [2.24, 2.45) is 5.92 Å². The Balaban J connectivity index is 1.77. The molecule has 0 aliphatic heterocycles. The minimum absolute atomic E-state index is 0.112. The van der Waals surface area contributed by atoms with Gasteiger partial charge in [-0.25, -0.2) is 13.2 Å². The molecule has 1 saturated carbocycles. The molecule has 1 N–H and O–H groups in total. The molecule has 2 aromatic rings. The van der Waals surface area contributed by atoms with Crippen molar-refractivity contribution in [3.8, 4) is 0 Å². The monoisotopic (exact) mass is 347 g/mol. The highest BCUT2D eigenvalue weighted by Gasteiger charge is 2.18. The first-order valence-corrected chi connectivity index (χ1v) is 8.49. The molecule has 0 heterocycles. The first kappa shape index (κ1) is 17.5. The van der Waals surface area contributed by atoms with E-state index in [1.165, 1.54) is 25.7 Å². The normalized spacial score (nSPS) is 14.7. The van der Waals surface area contributed by atoms with E-state index in [0.29, 0.717) is 11.5 Å². The number of rotatable bonds is 4. The van der Waals surface area contributed by atoms with Crippen molar-refractivity contribution in [1.82, 2.24) is 0 Å². The van der Waals surface area contributed by atoms with Crippen molar-refractivity contribution >= 4 is 11.6 Å². The Kier molecular flexibility index (Phi) is 5.11. The lowest BCUT2D eigenvalue weighted by Crippen LogP contribution is -2.13. The molecule has 1 amide bonds. The Morgan fingerprint density at radius 2 is 1.72 bits per heavy atom. The molecule has 3 rings (SSSR count). The third-order valence-electron chi connectivity index (χ3n) is 4.84. The van der Waals surface area contributed by atoms with Crippen LogP contribution in [0.2, 0.25) is 0 Å². The molecule has 0 radical (unpaired) electrons. The smallest absolute Gasteiger partial charge is 0.255 e. The summed E-state index contributed by atoms with van der Waals surface area (Å²) in [5.41, 5.74) is 2.56. The van der Waals surface area contributed by atoms with E-state index in [4.69, 9.17) is 0 Å². The molecular weight excluding hydrogens is 327 g/mol. The first-order valence-electron chi connectivity index (χ1n) is 8.49. The van der Waals surface area contributed by atoms with Crippen molar-refractivity contribution in [3.63, 3.8) is 0 Å². The summed E-state index contributed by atoms with van der Waals surface area (Å²) in [6.45, 7) is 2.01. The zero-order valence-corrected chi connectivity index (χ0v) is 14.0. The van der Waals surface area contributed by atoms with Crippen molar-refractivity contribution in [2.45, 2.75) is 39.0 Å². The van der Waals surface area contributed by atoms with Crippen molar-refractivity contribution in [1.29, 1.82) is 0 Å². The number of anilines is 1. The molecule has 2 nitrogen and oxygen atoms in total. The zero-order valence-electron chi connectivity index (χ0n) is 14.0. The minimum atomic E-state index is -1.55. The van der Waals surface area contributed by atoms with Gasteiger partial charge in [-0.05, 0) is 42.5 Å². The maximum absolute atomic E-state index is 13.3. The Labute approximate surface area is 145 Å². The van der Waals surface area contributed by atoms with Gasteiger partial charge in [-0.2, -0.15) is 0 Å². The highest BCUT2D eigenvalue weighted by molar-refractivity contribution is 6.04. The van der Waals surface area contributed by atoms with Gasteiger partial charge < -0.3 is 5.32 Å². The first-order chi connectivity index (χ1) is 11.9. The molecule has 2 aromatic carbocycles. The zero-order chi connectivity index (χ0) is 18.0. The molecule has 0 aromatic heterocycles. The van der Waals surface area contributed by atoms with Crippen LogP contribution in [0.5, 0.6) is 0 Å². The van der Waals surface area contributed by atoms with E-state index in [1.54, 1.807) is 6.07 Å². The third kappa shape index (κ3) is 4.03. The van der Waals surface area contributed by atoms with Crippen LogP contribution in [0.15, 0.2) is 30.3 Å². The second-order valence-corrected chi connectivity index (χ2v) is 6.70. The van der Waals surface area contributed by atoms with Gasteiger partial charge in [0.05, 0.1) is 0 Å². The van der Waals surface area contributed by atoms with Gasteiger partial charge >= 0.3 is 0 Å². The largest absolute Gasteiger partial charge is 0.322 e. The summed E-state index contributed by atoms with van der Waals surface area (Å²) in [6.07, 6.45) is 5.87. The number of carbonyl (C=O) groups is 1. The van der Waals surface area contributed by atoms with Gasteiger partial charge in [0.25, 0.3) is 5.91 Å². The van der Waals surface area contributed by atoms with E-state index in [-0.39, 0.29) is 5.69 Å². The standard InChI is InChI=1S/C20H20F3NO/c1-12-6-7-14(9-15(12)8-13-4-2-3-5-13)20(25)24-16-10-17(21)19(23)18(22)11-16/h6-7,9-11,13H,2-5,8H2,1H3,(H,24,25). The molecule has 0 saturated heterocycles. The fourth-order valence-corrected chi connectivity index (χ4v) is 3.39. The van der Waals surface area contributed by atoms with Gasteiger partial charge in [0.15, 0.2) is 17.5 Å². The second-order valence-electron chi connectivity index (χ2n) is 6.70. The van der Waals surface area contributed by atoms with Crippen LogP contribution >= 0.6 is 0 Å². The summed E-state index contributed by atoms with van der Waals surface area (Å²) < 4.78 is 39.5. The van der Waals surface area contributed by atoms with Crippen molar-refractivity contribution in [2.75, 3.05) is 5.32 Å². The van der Waals surface area contributed by atoms with Crippen LogP contribution in [-0.2, 0) is 6.42 Å². The lowest BCUT2D eigenvalue weighted by Gasteiger charge is -2.13. The van der Waals surface area contributed by atoms with Crippen LogP contribution in [0, 0.1) is 30.3 Å².